The summed E-state index contributed by atoms with van der Waals surface area (Å²) in [5.74, 6) is -1.55. The topological polar surface area (TPSA) is 84.5 Å². The van der Waals surface area contributed by atoms with Gasteiger partial charge in [0.2, 0.25) is 0 Å². The number of ether oxygens (including phenoxy) is 1. The maximum Gasteiger partial charge on any atom is 0.329 e. The minimum absolute atomic E-state index is 0.178. The molecule has 0 spiro atoms. The molecular formula is C20H23ClN2O4S. The van der Waals surface area contributed by atoms with Crippen LogP contribution in [-0.4, -0.2) is 37.0 Å². The predicted octanol–water partition coefficient (Wildman–Crippen LogP) is 3.06. The molecule has 1 aromatic heterocycles. The van der Waals surface area contributed by atoms with Crippen LogP contribution in [0.1, 0.15) is 29.1 Å². The highest BCUT2D eigenvalue weighted by atomic mass is 35.5. The summed E-state index contributed by atoms with van der Waals surface area (Å²) in [5.41, 5.74) is 1.00. The van der Waals surface area contributed by atoms with Crippen LogP contribution < -0.4 is 10.6 Å². The Morgan fingerprint density at radius 3 is 2.61 bits per heavy atom. The van der Waals surface area contributed by atoms with Crippen LogP contribution >= 0.6 is 22.9 Å². The number of esters is 1. The number of carbonyl (C=O) groups is 3. The van der Waals surface area contributed by atoms with Gasteiger partial charge in [0.15, 0.2) is 6.61 Å². The molecule has 2 N–H and O–H groups in total. The Labute approximate surface area is 173 Å². The van der Waals surface area contributed by atoms with Crippen LogP contribution in [0.5, 0.6) is 0 Å². The van der Waals surface area contributed by atoms with Gasteiger partial charge in [-0.15, -0.1) is 11.3 Å². The summed E-state index contributed by atoms with van der Waals surface area (Å²) in [6.07, 6.45) is 0.617. The van der Waals surface area contributed by atoms with Gasteiger partial charge in [-0.2, -0.15) is 0 Å². The lowest BCUT2D eigenvalue weighted by atomic mass is 10.0. The molecule has 0 aliphatic carbocycles. The van der Waals surface area contributed by atoms with E-state index >= 15 is 0 Å². The first-order valence-electron chi connectivity index (χ1n) is 8.89. The molecule has 0 radical (unpaired) electrons. The van der Waals surface area contributed by atoms with E-state index in [0.29, 0.717) is 22.9 Å². The number of amides is 2. The summed E-state index contributed by atoms with van der Waals surface area (Å²) < 4.78 is 5.08. The van der Waals surface area contributed by atoms with Crippen molar-refractivity contribution in [1.29, 1.82) is 0 Å². The van der Waals surface area contributed by atoms with Gasteiger partial charge < -0.3 is 15.4 Å². The molecule has 1 heterocycles. The fourth-order valence-corrected chi connectivity index (χ4v) is 3.27. The summed E-state index contributed by atoms with van der Waals surface area (Å²) >= 11 is 7.21. The minimum Gasteiger partial charge on any atom is -0.454 e. The fourth-order valence-electron chi connectivity index (χ4n) is 2.43. The fraction of sp³-hybridized carbons (Fsp3) is 0.350. The molecule has 2 aromatic rings. The van der Waals surface area contributed by atoms with Gasteiger partial charge in [0, 0.05) is 11.6 Å². The first kappa shape index (κ1) is 21.9. The standard InChI is InChI=1S/C20H23ClN2O4S/c1-13(2)18(23-19(25)16-7-4-10-28-16)20(26)27-12-17(24)22-9-8-14-5-3-6-15(21)11-14/h3-7,10-11,13,18H,8-9,12H2,1-2H3,(H,22,24)(H,23,25)/t18-/m0/s1. The smallest absolute Gasteiger partial charge is 0.329 e. The summed E-state index contributed by atoms with van der Waals surface area (Å²) in [6, 6.07) is 9.99. The quantitative estimate of drug-likeness (QED) is 0.608. The zero-order valence-corrected chi connectivity index (χ0v) is 17.3. The summed E-state index contributed by atoms with van der Waals surface area (Å²) in [5, 5.41) is 7.78. The van der Waals surface area contributed by atoms with Gasteiger partial charge in [-0.25, -0.2) is 4.79 Å². The zero-order valence-electron chi connectivity index (χ0n) is 15.7. The van der Waals surface area contributed by atoms with Crippen LogP contribution in [0.3, 0.4) is 0 Å². The largest absolute Gasteiger partial charge is 0.454 e. The number of halogens is 1. The molecule has 6 nitrogen and oxygen atoms in total. The lowest BCUT2D eigenvalue weighted by Crippen LogP contribution is -2.46. The second kappa shape index (κ2) is 10.8. The first-order chi connectivity index (χ1) is 13.4. The second-order valence-electron chi connectivity index (χ2n) is 6.51. The van der Waals surface area contributed by atoms with E-state index in [2.05, 4.69) is 10.6 Å². The Balaban J connectivity index is 1.76. The van der Waals surface area contributed by atoms with Gasteiger partial charge in [-0.1, -0.05) is 43.6 Å². The van der Waals surface area contributed by atoms with Crippen LogP contribution in [0.25, 0.3) is 0 Å². The monoisotopic (exact) mass is 422 g/mol. The number of rotatable bonds is 9. The number of nitrogens with one attached hydrogen (secondary N) is 2. The maximum absolute atomic E-state index is 12.3. The third kappa shape index (κ3) is 6.98. The van der Waals surface area contributed by atoms with Crippen molar-refractivity contribution in [2.24, 2.45) is 5.92 Å². The molecule has 0 saturated carbocycles. The van der Waals surface area contributed by atoms with E-state index in [1.807, 2.05) is 18.2 Å². The van der Waals surface area contributed by atoms with E-state index < -0.39 is 24.5 Å². The number of carbonyl (C=O) groups excluding carboxylic acids is 3. The maximum atomic E-state index is 12.3. The highest BCUT2D eigenvalue weighted by molar-refractivity contribution is 7.12. The van der Waals surface area contributed by atoms with E-state index in [4.69, 9.17) is 16.3 Å². The van der Waals surface area contributed by atoms with E-state index in [1.165, 1.54) is 11.3 Å². The van der Waals surface area contributed by atoms with Crippen LogP contribution in [-0.2, 0) is 20.7 Å². The van der Waals surface area contributed by atoms with Crippen molar-refractivity contribution in [2.45, 2.75) is 26.3 Å². The van der Waals surface area contributed by atoms with Gasteiger partial charge >= 0.3 is 5.97 Å². The van der Waals surface area contributed by atoms with Gasteiger partial charge in [0.1, 0.15) is 6.04 Å². The molecule has 0 fully saturated rings. The molecule has 0 unspecified atom stereocenters. The SMILES string of the molecule is CC(C)[C@H](NC(=O)c1cccs1)C(=O)OCC(=O)NCCc1cccc(Cl)c1. The van der Waals surface area contributed by atoms with Gasteiger partial charge in [-0.05, 0) is 41.5 Å². The number of hydrogen-bond acceptors (Lipinski definition) is 5. The van der Waals surface area contributed by atoms with Crippen molar-refractivity contribution in [3.8, 4) is 0 Å². The molecular weight excluding hydrogens is 400 g/mol. The van der Waals surface area contributed by atoms with E-state index in [0.717, 1.165) is 5.56 Å². The molecule has 28 heavy (non-hydrogen) atoms. The molecule has 2 rings (SSSR count). The molecule has 8 heteroatoms. The Bertz CT molecular complexity index is 808. The van der Waals surface area contributed by atoms with Crippen molar-refractivity contribution in [3.05, 3.63) is 57.2 Å². The average molecular weight is 423 g/mol. The minimum atomic E-state index is -0.825. The van der Waals surface area contributed by atoms with Crippen LogP contribution in [0.2, 0.25) is 5.02 Å². The zero-order chi connectivity index (χ0) is 20.5. The van der Waals surface area contributed by atoms with E-state index in [-0.39, 0.29) is 11.8 Å². The third-order valence-corrected chi connectivity index (χ3v) is 5.03. The third-order valence-electron chi connectivity index (χ3n) is 3.92. The van der Waals surface area contributed by atoms with E-state index in [9.17, 15) is 14.4 Å². The van der Waals surface area contributed by atoms with Gasteiger partial charge in [-0.3, -0.25) is 9.59 Å². The molecule has 0 aliphatic heterocycles. The van der Waals surface area contributed by atoms with Crippen molar-refractivity contribution >= 4 is 40.7 Å². The summed E-state index contributed by atoms with van der Waals surface area (Å²) in [7, 11) is 0. The molecule has 0 aliphatic rings. The van der Waals surface area contributed by atoms with Crippen molar-refractivity contribution < 1.29 is 19.1 Å². The van der Waals surface area contributed by atoms with Crippen molar-refractivity contribution in [2.75, 3.05) is 13.2 Å². The molecule has 1 atom stereocenters. The van der Waals surface area contributed by atoms with Crippen LogP contribution in [0, 0.1) is 5.92 Å². The molecule has 0 bridgehead atoms. The second-order valence-corrected chi connectivity index (χ2v) is 7.89. The van der Waals surface area contributed by atoms with Gasteiger partial charge in [0.25, 0.3) is 11.8 Å². The summed E-state index contributed by atoms with van der Waals surface area (Å²) in [6.45, 7) is 3.60. The molecule has 2 amide bonds. The number of thiophene rings is 1. The predicted molar refractivity (Wildman–Crippen MR) is 110 cm³/mol. The number of hydrogen-bond donors (Lipinski definition) is 2. The highest BCUT2D eigenvalue weighted by Crippen LogP contribution is 2.12. The Morgan fingerprint density at radius 2 is 1.96 bits per heavy atom. The number of benzene rings is 1. The molecule has 150 valence electrons. The Kier molecular flexibility index (Phi) is 8.47. The highest BCUT2D eigenvalue weighted by Gasteiger charge is 2.27. The van der Waals surface area contributed by atoms with Crippen molar-refractivity contribution in [1.82, 2.24) is 10.6 Å². The summed E-state index contributed by atoms with van der Waals surface area (Å²) in [4.78, 5) is 36.9. The normalized spacial score (nSPS) is 11.7. The molecule has 0 saturated heterocycles. The lowest BCUT2D eigenvalue weighted by Gasteiger charge is -2.20. The van der Waals surface area contributed by atoms with E-state index in [1.54, 1.807) is 37.4 Å². The van der Waals surface area contributed by atoms with Crippen LogP contribution in [0.15, 0.2) is 41.8 Å². The Hall–Kier alpha value is -2.38. The Morgan fingerprint density at radius 1 is 1.18 bits per heavy atom. The van der Waals surface area contributed by atoms with Gasteiger partial charge in [0.05, 0.1) is 4.88 Å². The lowest BCUT2D eigenvalue weighted by molar-refractivity contribution is -0.151. The average Bonchev–Trinajstić information content (AvgIpc) is 3.18. The van der Waals surface area contributed by atoms with Crippen LogP contribution in [0.4, 0.5) is 0 Å². The first-order valence-corrected chi connectivity index (χ1v) is 10.1. The van der Waals surface area contributed by atoms with Crippen molar-refractivity contribution in [3.63, 3.8) is 0 Å². The molecule has 1 aromatic carbocycles.